The van der Waals surface area contributed by atoms with Gasteiger partial charge in [-0.2, -0.15) is 0 Å². The molecule has 0 saturated carbocycles. The molecule has 0 N–H and O–H groups in total. The molecule has 0 radical (unpaired) electrons. The van der Waals surface area contributed by atoms with Crippen LogP contribution in [0.15, 0.2) is 0 Å². The molecule has 2 atom stereocenters. The second-order valence-electron chi connectivity index (χ2n) is 5.57. The number of ether oxygens (including phenoxy) is 1. The lowest BCUT2D eigenvalue weighted by molar-refractivity contribution is -0.131. The van der Waals surface area contributed by atoms with E-state index < -0.39 is 0 Å². The van der Waals surface area contributed by atoms with Gasteiger partial charge in [0, 0.05) is 32.7 Å². The summed E-state index contributed by atoms with van der Waals surface area (Å²) >= 11 is 0. The normalized spacial score (nSPS) is 30.3. The van der Waals surface area contributed by atoms with E-state index in [1.165, 1.54) is 6.42 Å². The summed E-state index contributed by atoms with van der Waals surface area (Å²) < 4.78 is 5.31. The highest BCUT2D eigenvalue weighted by atomic mass is 16.5. The van der Waals surface area contributed by atoms with E-state index in [0.29, 0.717) is 30.1 Å². The first kappa shape index (κ1) is 11.9. The maximum atomic E-state index is 12.0. The molecule has 0 aliphatic carbocycles. The molecule has 2 saturated heterocycles. The van der Waals surface area contributed by atoms with Crippen molar-refractivity contribution in [1.82, 2.24) is 4.90 Å². The lowest BCUT2D eigenvalue weighted by Gasteiger charge is -2.19. The Hall–Kier alpha value is -0.570. The zero-order valence-corrected chi connectivity index (χ0v) is 10.4. The quantitative estimate of drug-likeness (QED) is 0.734. The Morgan fingerprint density at radius 3 is 2.81 bits per heavy atom. The van der Waals surface area contributed by atoms with Gasteiger partial charge in [-0.3, -0.25) is 4.79 Å². The lowest BCUT2D eigenvalue weighted by Crippen LogP contribution is -2.30. The van der Waals surface area contributed by atoms with Gasteiger partial charge in [-0.05, 0) is 30.6 Å². The summed E-state index contributed by atoms with van der Waals surface area (Å²) in [7, 11) is 0. The van der Waals surface area contributed by atoms with E-state index in [1.54, 1.807) is 0 Å². The Morgan fingerprint density at radius 2 is 2.25 bits per heavy atom. The van der Waals surface area contributed by atoms with Crippen LogP contribution >= 0.6 is 0 Å². The van der Waals surface area contributed by atoms with Gasteiger partial charge in [-0.25, -0.2) is 0 Å². The molecule has 92 valence electrons. The third kappa shape index (κ3) is 2.76. The first-order valence-electron chi connectivity index (χ1n) is 6.52. The molecule has 2 aliphatic heterocycles. The van der Waals surface area contributed by atoms with Gasteiger partial charge in [0.2, 0.25) is 5.91 Å². The van der Waals surface area contributed by atoms with Gasteiger partial charge in [-0.1, -0.05) is 13.8 Å². The average Bonchev–Trinajstić information content (AvgIpc) is 2.86. The summed E-state index contributed by atoms with van der Waals surface area (Å²) in [4.78, 5) is 14.1. The highest BCUT2D eigenvalue weighted by Gasteiger charge is 2.29. The fourth-order valence-corrected chi connectivity index (χ4v) is 2.68. The molecule has 0 spiro atoms. The molecule has 3 heteroatoms. The predicted octanol–water partition coefficient (Wildman–Crippen LogP) is 1.92. The van der Waals surface area contributed by atoms with Crippen molar-refractivity contribution < 1.29 is 9.53 Å². The molecule has 16 heavy (non-hydrogen) atoms. The van der Waals surface area contributed by atoms with Crippen molar-refractivity contribution in [1.29, 1.82) is 0 Å². The minimum Gasteiger partial charge on any atom is -0.381 e. The van der Waals surface area contributed by atoms with Crippen LogP contribution in [0.3, 0.4) is 0 Å². The Labute approximate surface area is 98.1 Å². The number of nitrogens with zero attached hydrogens (tertiary/aromatic N) is 1. The number of rotatable bonds is 3. The maximum absolute atomic E-state index is 12.0. The van der Waals surface area contributed by atoms with Gasteiger partial charge in [0.15, 0.2) is 0 Å². The third-order valence-electron chi connectivity index (χ3n) is 4.01. The molecule has 1 unspecified atom stereocenters. The van der Waals surface area contributed by atoms with Crippen LogP contribution in [0.25, 0.3) is 0 Å². The van der Waals surface area contributed by atoms with E-state index in [1.807, 2.05) is 0 Å². The summed E-state index contributed by atoms with van der Waals surface area (Å²) in [5.74, 6) is 2.24. The minimum atomic E-state index is 0.346. The fourth-order valence-electron chi connectivity index (χ4n) is 2.68. The largest absolute Gasteiger partial charge is 0.381 e. The molecule has 2 rings (SSSR count). The Morgan fingerprint density at radius 1 is 1.44 bits per heavy atom. The van der Waals surface area contributed by atoms with Gasteiger partial charge in [0.25, 0.3) is 0 Å². The van der Waals surface area contributed by atoms with E-state index in [0.717, 1.165) is 32.7 Å². The summed E-state index contributed by atoms with van der Waals surface area (Å²) in [6.45, 7) is 8.08. The van der Waals surface area contributed by atoms with E-state index in [4.69, 9.17) is 4.74 Å². The van der Waals surface area contributed by atoms with Crippen LogP contribution in [0.4, 0.5) is 0 Å². The molecule has 0 bridgehead atoms. The highest BCUT2D eigenvalue weighted by Crippen LogP contribution is 2.25. The summed E-state index contributed by atoms with van der Waals surface area (Å²) in [5.41, 5.74) is 0. The van der Waals surface area contributed by atoms with Crippen LogP contribution in [0.5, 0.6) is 0 Å². The van der Waals surface area contributed by atoms with Crippen LogP contribution < -0.4 is 0 Å². The van der Waals surface area contributed by atoms with E-state index >= 15 is 0 Å². The zero-order chi connectivity index (χ0) is 11.5. The van der Waals surface area contributed by atoms with Crippen molar-refractivity contribution in [2.24, 2.45) is 17.8 Å². The summed E-state index contributed by atoms with van der Waals surface area (Å²) in [6.07, 6.45) is 2.95. The van der Waals surface area contributed by atoms with Crippen LogP contribution in [0, 0.1) is 17.8 Å². The SMILES string of the molecule is CC(C)C1CCN(C(=O)C[C@@H]2CCOC2)C1. The van der Waals surface area contributed by atoms with E-state index in [-0.39, 0.29) is 0 Å². The smallest absolute Gasteiger partial charge is 0.222 e. The monoisotopic (exact) mass is 225 g/mol. The molecule has 2 aliphatic rings. The van der Waals surface area contributed by atoms with E-state index in [9.17, 15) is 4.79 Å². The zero-order valence-electron chi connectivity index (χ0n) is 10.4. The highest BCUT2D eigenvalue weighted by molar-refractivity contribution is 5.76. The van der Waals surface area contributed by atoms with Crippen LogP contribution in [-0.4, -0.2) is 37.1 Å². The second-order valence-corrected chi connectivity index (χ2v) is 5.57. The first-order valence-corrected chi connectivity index (χ1v) is 6.52. The molecular weight excluding hydrogens is 202 g/mol. The van der Waals surface area contributed by atoms with Crippen LogP contribution in [-0.2, 0) is 9.53 Å². The van der Waals surface area contributed by atoms with Crippen molar-refractivity contribution in [3.63, 3.8) is 0 Å². The van der Waals surface area contributed by atoms with Crippen molar-refractivity contribution in [2.75, 3.05) is 26.3 Å². The fraction of sp³-hybridized carbons (Fsp3) is 0.923. The number of likely N-dealkylation sites (tertiary alicyclic amines) is 1. The molecule has 3 nitrogen and oxygen atoms in total. The van der Waals surface area contributed by atoms with Crippen LogP contribution in [0.1, 0.15) is 33.1 Å². The molecule has 2 heterocycles. The number of hydrogen-bond donors (Lipinski definition) is 0. The topological polar surface area (TPSA) is 29.5 Å². The lowest BCUT2D eigenvalue weighted by atomic mass is 9.95. The van der Waals surface area contributed by atoms with Crippen molar-refractivity contribution >= 4 is 5.91 Å². The number of carbonyl (C=O) groups is 1. The molecular formula is C13H23NO2. The van der Waals surface area contributed by atoms with Crippen molar-refractivity contribution in [2.45, 2.75) is 33.1 Å². The van der Waals surface area contributed by atoms with E-state index in [2.05, 4.69) is 18.7 Å². The van der Waals surface area contributed by atoms with Gasteiger partial charge in [-0.15, -0.1) is 0 Å². The number of carbonyl (C=O) groups excluding carboxylic acids is 1. The van der Waals surface area contributed by atoms with Gasteiger partial charge < -0.3 is 9.64 Å². The standard InChI is InChI=1S/C13H23NO2/c1-10(2)12-3-5-14(8-12)13(15)7-11-4-6-16-9-11/h10-12H,3-9H2,1-2H3/t11-,12?/m0/s1. The Bertz CT molecular complexity index is 246. The second kappa shape index (κ2) is 5.17. The van der Waals surface area contributed by atoms with Crippen LogP contribution in [0.2, 0.25) is 0 Å². The molecule has 1 amide bonds. The van der Waals surface area contributed by atoms with Crippen molar-refractivity contribution in [3.8, 4) is 0 Å². The van der Waals surface area contributed by atoms with Gasteiger partial charge >= 0.3 is 0 Å². The molecule has 2 fully saturated rings. The predicted molar refractivity (Wildman–Crippen MR) is 63.1 cm³/mol. The summed E-state index contributed by atoms with van der Waals surface area (Å²) in [5, 5.41) is 0. The number of hydrogen-bond acceptors (Lipinski definition) is 2. The Balaban J connectivity index is 1.77. The Kier molecular flexibility index (Phi) is 3.85. The minimum absolute atomic E-state index is 0.346. The van der Waals surface area contributed by atoms with Gasteiger partial charge in [0.05, 0.1) is 0 Å². The number of amides is 1. The average molecular weight is 225 g/mol. The maximum Gasteiger partial charge on any atom is 0.222 e. The first-order chi connectivity index (χ1) is 7.66. The third-order valence-corrected chi connectivity index (χ3v) is 4.01. The summed E-state index contributed by atoms with van der Waals surface area (Å²) in [6, 6.07) is 0. The molecule has 0 aromatic rings. The molecule has 0 aromatic heterocycles. The van der Waals surface area contributed by atoms with Crippen molar-refractivity contribution in [3.05, 3.63) is 0 Å². The molecule has 0 aromatic carbocycles. The van der Waals surface area contributed by atoms with Gasteiger partial charge in [0.1, 0.15) is 0 Å².